The number of aryl methyl sites for hydroxylation is 1. The fraction of sp³-hybridized carbons (Fsp3) is 0.577. The smallest absolute Gasteiger partial charge is 0.271 e. The number of morpholine rings is 1. The molecule has 0 aliphatic carbocycles. The number of hydrogen-bond acceptors (Lipinski definition) is 6. The Morgan fingerprint density at radius 1 is 1.21 bits per heavy atom. The van der Waals surface area contributed by atoms with Crippen molar-refractivity contribution in [3.05, 3.63) is 41.7 Å². The molecule has 1 amide bonds. The van der Waals surface area contributed by atoms with Crippen molar-refractivity contribution in [2.45, 2.75) is 71.5 Å². The molecule has 7 heteroatoms. The van der Waals surface area contributed by atoms with Crippen LogP contribution in [-0.2, 0) is 11.2 Å². The molecule has 2 heterocycles. The molecule has 2 N–H and O–H groups in total. The van der Waals surface area contributed by atoms with Gasteiger partial charge < -0.3 is 20.1 Å². The molecule has 1 fully saturated rings. The molecule has 0 saturated carbocycles. The van der Waals surface area contributed by atoms with Gasteiger partial charge in [-0.15, -0.1) is 5.10 Å². The van der Waals surface area contributed by atoms with E-state index in [0.717, 1.165) is 74.2 Å². The largest absolute Gasteiger partial charge is 0.490 e. The summed E-state index contributed by atoms with van der Waals surface area (Å²) < 4.78 is 11.8. The van der Waals surface area contributed by atoms with E-state index in [2.05, 4.69) is 41.6 Å². The van der Waals surface area contributed by atoms with E-state index < -0.39 is 0 Å². The number of nitrogens with zero attached hydrogens (tertiary/aromatic N) is 2. The lowest BCUT2D eigenvalue weighted by atomic mass is 10.0. The summed E-state index contributed by atoms with van der Waals surface area (Å²) in [6, 6.07) is 9.96. The zero-order valence-corrected chi connectivity index (χ0v) is 20.2. The van der Waals surface area contributed by atoms with Crippen molar-refractivity contribution in [1.82, 2.24) is 20.8 Å². The van der Waals surface area contributed by atoms with Crippen LogP contribution in [0.3, 0.4) is 0 Å². The van der Waals surface area contributed by atoms with Crippen LogP contribution in [0.2, 0.25) is 0 Å². The number of unbranched alkanes of at least 4 members (excludes halogenated alkanes) is 1. The van der Waals surface area contributed by atoms with Crippen LogP contribution in [0.5, 0.6) is 5.75 Å². The molecule has 33 heavy (non-hydrogen) atoms. The molecule has 1 saturated heterocycles. The SMILES string of the molecule is CCCCc1nnc(C(=O)NCC2CNCCO2)cc1-c1ccc(OC(CC)CCC)cc1. The normalized spacial score (nSPS) is 16.9. The summed E-state index contributed by atoms with van der Waals surface area (Å²) in [6.07, 6.45) is 6.29. The summed E-state index contributed by atoms with van der Waals surface area (Å²) in [4.78, 5) is 12.8. The van der Waals surface area contributed by atoms with Crippen LogP contribution in [0.1, 0.15) is 69.1 Å². The molecular formula is C26H38N4O3. The van der Waals surface area contributed by atoms with Crippen molar-refractivity contribution in [1.29, 1.82) is 0 Å². The lowest BCUT2D eigenvalue weighted by Gasteiger charge is -2.23. The Labute approximate surface area is 197 Å². The van der Waals surface area contributed by atoms with Crippen molar-refractivity contribution in [3.63, 3.8) is 0 Å². The number of rotatable bonds is 12. The number of ether oxygens (including phenoxy) is 2. The first-order valence-electron chi connectivity index (χ1n) is 12.4. The summed E-state index contributed by atoms with van der Waals surface area (Å²) in [5.41, 5.74) is 3.20. The summed E-state index contributed by atoms with van der Waals surface area (Å²) in [7, 11) is 0. The van der Waals surface area contributed by atoms with E-state index in [1.807, 2.05) is 30.3 Å². The standard InChI is InChI=1S/C26H38N4O3/c1-4-7-9-24-23(19-10-12-21(13-11-19)33-20(6-3)8-5-2)16-25(30-29-24)26(31)28-18-22-17-27-14-15-32-22/h10-13,16,20,22,27H,4-9,14-15,17-18H2,1-3H3,(H,28,31). The highest BCUT2D eigenvalue weighted by atomic mass is 16.5. The van der Waals surface area contributed by atoms with Crippen LogP contribution in [0, 0.1) is 0 Å². The van der Waals surface area contributed by atoms with Crippen LogP contribution in [0.4, 0.5) is 0 Å². The van der Waals surface area contributed by atoms with Gasteiger partial charge in [-0.25, -0.2) is 0 Å². The van der Waals surface area contributed by atoms with Gasteiger partial charge in [0, 0.05) is 25.2 Å². The second-order valence-corrected chi connectivity index (χ2v) is 8.56. The second kappa shape index (κ2) is 13.3. The number of carbonyl (C=O) groups is 1. The average molecular weight is 455 g/mol. The highest BCUT2D eigenvalue weighted by molar-refractivity contribution is 5.93. The quantitative estimate of drug-likeness (QED) is 0.501. The van der Waals surface area contributed by atoms with Gasteiger partial charge in [0.2, 0.25) is 0 Å². The zero-order chi connectivity index (χ0) is 23.5. The second-order valence-electron chi connectivity index (χ2n) is 8.56. The fourth-order valence-electron chi connectivity index (χ4n) is 3.93. The van der Waals surface area contributed by atoms with Crippen molar-refractivity contribution >= 4 is 5.91 Å². The van der Waals surface area contributed by atoms with Crippen LogP contribution in [-0.4, -0.2) is 54.6 Å². The highest BCUT2D eigenvalue weighted by Crippen LogP contribution is 2.27. The van der Waals surface area contributed by atoms with Gasteiger partial charge in [-0.1, -0.05) is 45.7 Å². The third-order valence-corrected chi connectivity index (χ3v) is 5.90. The number of aromatic nitrogens is 2. The molecule has 0 spiro atoms. The Balaban J connectivity index is 1.75. The van der Waals surface area contributed by atoms with Crippen molar-refractivity contribution in [3.8, 4) is 16.9 Å². The van der Waals surface area contributed by atoms with Gasteiger partial charge >= 0.3 is 0 Å². The van der Waals surface area contributed by atoms with Crippen LogP contribution in [0.15, 0.2) is 30.3 Å². The predicted molar refractivity (Wildman–Crippen MR) is 131 cm³/mol. The average Bonchev–Trinajstić information content (AvgIpc) is 2.86. The van der Waals surface area contributed by atoms with Crippen LogP contribution >= 0.6 is 0 Å². The third kappa shape index (κ3) is 7.51. The Hall–Kier alpha value is -2.51. The monoisotopic (exact) mass is 454 g/mol. The molecular weight excluding hydrogens is 416 g/mol. The number of benzene rings is 1. The van der Waals surface area contributed by atoms with E-state index >= 15 is 0 Å². The molecule has 1 aromatic heterocycles. The number of amides is 1. The highest BCUT2D eigenvalue weighted by Gasteiger charge is 2.18. The van der Waals surface area contributed by atoms with Crippen molar-refractivity contribution in [2.75, 3.05) is 26.2 Å². The molecule has 0 bridgehead atoms. The van der Waals surface area contributed by atoms with Crippen molar-refractivity contribution in [2.24, 2.45) is 0 Å². The maximum absolute atomic E-state index is 12.8. The van der Waals surface area contributed by atoms with Gasteiger partial charge in [0.1, 0.15) is 5.75 Å². The molecule has 1 aliphatic rings. The first kappa shape index (κ1) is 25.1. The van der Waals surface area contributed by atoms with E-state index in [1.54, 1.807) is 0 Å². The van der Waals surface area contributed by atoms with E-state index in [9.17, 15) is 4.79 Å². The summed E-state index contributed by atoms with van der Waals surface area (Å²) >= 11 is 0. The number of nitrogens with one attached hydrogen (secondary N) is 2. The van der Waals surface area contributed by atoms with Gasteiger partial charge in [0.15, 0.2) is 5.69 Å². The molecule has 180 valence electrons. The molecule has 1 aromatic carbocycles. The minimum absolute atomic E-state index is 0.0221. The Bertz CT molecular complexity index is 866. The first-order valence-corrected chi connectivity index (χ1v) is 12.4. The molecule has 2 atom stereocenters. The maximum Gasteiger partial charge on any atom is 0.271 e. The Morgan fingerprint density at radius 3 is 2.70 bits per heavy atom. The van der Waals surface area contributed by atoms with Gasteiger partial charge in [-0.05, 0) is 49.4 Å². The Morgan fingerprint density at radius 2 is 2.03 bits per heavy atom. The lowest BCUT2D eigenvalue weighted by molar-refractivity contribution is 0.0286. The Kier molecular flexibility index (Phi) is 10.1. The van der Waals surface area contributed by atoms with E-state index in [1.165, 1.54) is 0 Å². The zero-order valence-electron chi connectivity index (χ0n) is 20.2. The topological polar surface area (TPSA) is 85.4 Å². The number of carbonyl (C=O) groups excluding carboxylic acids is 1. The van der Waals surface area contributed by atoms with Gasteiger partial charge in [0.05, 0.1) is 24.5 Å². The number of hydrogen-bond donors (Lipinski definition) is 2. The summed E-state index contributed by atoms with van der Waals surface area (Å²) in [5.74, 6) is 0.639. The minimum Gasteiger partial charge on any atom is -0.490 e. The molecule has 7 nitrogen and oxygen atoms in total. The van der Waals surface area contributed by atoms with Gasteiger partial charge in [-0.2, -0.15) is 5.10 Å². The molecule has 2 aromatic rings. The molecule has 1 aliphatic heterocycles. The third-order valence-electron chi connectivity index (χ3n) is 5.90. The van der Waals surface area contributed by atoms with Crippen LogP contribution < -0.4 is 15.4 Å². The maximum atomic E-state index is 12.8. The summed E-state index contributed by atoms with van der Waals surface area (Å²) in [6.45, 7) is 9.18. The van der Waals surface area contributed by atoms with Crippen molar-refractivity contribution < 1.29 is 14.3 Å². The fourth-order valence-corrected chi connectivity index (χ4v) is 3.93. The predicted octanol–water partition coefficient (Wildman–Crippen LogP) is 4.16. The van der Waals surface area contributed by atoms with E-state index in [0.29, 0.717) is 18.8 Å². The van der Waals surface area contributed by atoms with E-state index in [4.69, 9.17) is 9.47 Å². The first-order chi connectivity index (χ1) is 16.1. The molecule has 3 rings (SSSR count). The molecule has 0 radical (unpaired) electrons. The lowest BCUT2D eigenvalue weighted by Crippen LogP contribution is -2.45. The minimum atomic E-state index is -0.231. The van der Waals surface area contributed by atoms with E-state index in [-0.39, 0.29) is 18.1 Å². The molecule has 2 unspecified atom stereocenters. The van der Waals surface area contributed by atoms with Crippen LogP contribution in [0.25, 0.3) is 11.1 Å². The van der Waals surface area contributed by atoms with Gasteiger partial charge in [0.25, 0.3) is 5.91 Å². The van der Waals surface area contributed by atoms with Gasteiger partial charge in [-0.3, -0.25) is 4.79 Å². The summed E-state index contributed by atoms with van der Waals surface area (Å²) in [5, 5.41) is 14.9.